The van der Waals surface area contributed by atoms with Crippen molar-refractivity contribution in [3.8, 4) is 11.5 Å². The Hall–Kier alpha value is -3.28. The van der Waals surface area contributed by atoms with Gasteiger partial charge in [0.15, 0.2) is 0 Å². The minimum Gasteiger partial charge on any atom is -0.497 e. The number of pyridine rings is 1. The van der Waals surface area contributed by atoms with Crippen LogP contribution in [0.2, 0.25) is 0 Å². The fourth-order valence-corrected chi connectivity index (χ4v) is 3.14. The minimum atomic E-state index is -0.197. The van der Waals surface area contributed by atoms with E-state index in [0.29, 0.717) is 29.2 Å². The molecule has 0 saturated heterocycles. The molecule has 0 fully saturated rings. The van der Waals surface area contributed by atoms with Crippen molar-refractivity contribution in [1.82, 2.24) is 9.88 Å². The van der Waals surface area contributed by atoms with E-state index in [1.54, 1.807) is 49.5 Å². The first-order chi connectivity index (χ1) is 13.5. The highest BCUT2D eigenvalue weighted by Crippen LogP contribution is 2.20. The number of fused-ring (bicyclic) bond motifs is 1. The molecule has 28 heavy (non-hydrogen) atoms. The molecular formula is C22H24N2O4. The van der Waals surface area contributed by atoms with Crippen molar-refractivity contribution >= 4 is 16.8 Å². The summed E-state index contributed by atoms with van der Waals surface area (Å²) < 4.78 is 10.5. The molecule has 6 nitrogen and oxygen atoms in total. The average molecular weight is 380 g/mol. The van der Waals surface area contributed by atoms with Gasteiger partial charge in [-0.2, -0.15) is 0 Å². The van der Waals surface area contributed by atoms with E-state index < -0.39 is 0 Å². The predicted octanol–water partition coefficient (Wildman–Crippen LogP) is 3.60. The lowest BCUT2D eigenvalue weighted by atomic mass is 10.1. The number of H-pyrrole nitrogens is 1. The monoisotopic (exact) mass is 380 g/mol. The van der Waals surface area contributed by atoms with E-state index in [4.69, 9.17) is 9.47 Å². The summed E-state index contributed by atoms with van der Waals surface area (Å²) in [7, 11) is 3.17. The molecule has 6 heteroatoms. The quantitative estimate of drug-likeness (QED) is 0.680. The van der Waals surface area contributed by atoms with Gasteiger partial charge in [-0.1, -0.05) is 13.0 Å². The van der Waals surface area contributed by atoms with Crippen molar-refractivity contribution < 1.29 is 14.3 Å². The van der Waals surface area contributed by atoms with Crippen molar-refractivity contribution in [2.75, 3.05) is 20.8 Å². The van der Waals surface area contributed by atoms with Crippen molar-refractivity contribution in [2.45, 2.75) is 19.9 Å². The first-order valence-corrected chi connectivity index (χ1v) is 9.19. The Kier molecular flexibility index (Phi) is 5.99. The topological polar surface area (TPSA) is 71.6 Å². The van der Waals surface area contributed by atoms with Crippen LogP contribution in [-0.2, 0) is 6.54 Å². The average Bonchev–Trinajstić information content (AvgIpc) is 2.73. The number of benzene rings is 2. The maximum Gasteiger partial charge on any atom is 0.254 e. The maximum absolute atomic E-state index is 13.0. The summed E-state index contributed by atoms with van der Waals surface area (Å²) >= 11 is 0. The van der Waals surface area contributed by atoms with Crippen molar-refractivity contribution in [3.63, 3.8) is 0 Å². The van der Waals surface area contributed by atoms with Crippen LogP contribution in [0.25, 0.3) is 10.9 Å². The number of hydrogen-bond donors (Lipinski definition) is 1. The largest absolute Gasteiger partial charge is 0.497 e. The van der Waals surface area contributed by atoms with Gasteiger partial charge >= 0.3 is 0 Å². The molecule has 0 saturated carbocycles. The highest BCUT2D eigenvalue weighted by atomic mass is 16.5. The van der Waals surface area contributed by atoms with Gasteiger partial charge in [-0.05, 0) is 48.9 Å². The molecule has 2 aromatic carbocycles. The van der Waals surface area contributed by atoms with Crippen LogP contribution in [0, 0.1) is 0 Å². The molecule has 0 aliphatic carbocycles. The Balaban J connectivity index is 1.94. The molecule has 1 aromatic heterocycles. The molecule has 0 bridgehead atoms. The second-order valence-corrected chi connectivity index (χ2v) is 6.54. The number of nitrogens with zero attached hydrogens (tertiary/aromatic N) is 1. The SMILES string of the molecule is CCCN(Cc1cc2cc(OC)ccc2[nH]c1=O)C(=O)c1cccc(OC)c1. The zero-order valence-electron chi connectivity index (χ0n) is 16.3. The summed E-state index contributed by atoms with van der Waals surface area (Å²) in [6, 6.07) is 14.3. The van der Waals surface area contributed by atoms with Crippen LogP contribution in [-0.4, -0.2) is 36.6 Å². The minimum absolute atomic E-state index is 0.133. The summed E-state index contributed by atoms with van der Waals surface area (Å²) in [6.45, 7) is 2.78. The molecular weight excluding hydrogens is 356 g/mol. The number of ether oxygens (including phenoxy) is 2. The van der Waals surface area contributed by atoms with Crippen LogP contribution in [0.15, 0.2) is 53.3 Å². The van der Waals surface area contributed by atoms with E-state index in [2.05, 4.69) is 4.98 Å². The molecule has 1 N–H and O–H groups in total. The summed E-state index contributed by atoms with van der Waals surface area (Å²) in [5.41, 5.74) is 1.60. The third-order valence-corrected chi connectivity index (χ3v) is 4.59. The summed E-state index contributed by atoms with van der Waals surface area (Å²) in [5.74, 6) is 1.20. The highest BCUT2D eigenvalue weighted by Gasteiger charge is 2.18. The summed E-state index contributed by atoms with van der Waals surface area (Å²) in [5, 5.41) is 0.860. The number of hydrogen-bond acceptors (Lipinski definition) is 4. The van der Waals surface area contributed by atoms with E-state index in [-0.39, 0.29) is 18.0 Å². The van der Waals surface area contributed by atoms with Gasteiger partial charge in [-0.25, -0.2) is 0 Å². The Morgan fingerprint density at radius 3 is 2.50 bits per heavy atom. The van der Waals surface area contributed by atoms with E-state index in [1.807, 2.05) is 25.1 Å². The van der Waals surface area contributed by atoms with Crippen LogP contribution in [0.5, 0.6) is 11.5 Å². The second-order valence-electron chi connectivity index (χ2n) is 6.54. The molecule has 0 spiro atoms. The molecule has 0 aliphatic rings. The molecule has 0 unspecified atom stereocenters. The number of aromatic amines is 1. The van der Waals surface area contributed by atoms with Gasteiger partial charge in [0.25, 0.3) is 11.5 Å². The molecule has 3 aromatic rings. The third-order valence-electron chi connectivity index (χ3n) is 4.59. The van der Waals surface area contributed by atoms with Gasteiger partial charge in [-0.15, -0.1) is 0 Å². The fourth-order valence-electron chi connectivity index (χ4n) is 3.14. The van der Waals surface area contributed by atoms with E-state index in [0.717, 1.165) is 17.3 Å². The normalized spacial score (nSPS) is 10.7. The molecule has 3 rings (SSSR count). The van der Waals surface area contributed by atoms with E-state index in [9.17, 15) is 9.59 Å². The first-order valence-electron chi connectivity index (χ1n) is 9.19. The molecule has 1 amide bonds. The van der Waals surface area contributed by atoms with Crippen LogP contribution in [0.1, 0.15) is 29.3 Å². The van der Waals surface area contributed by atoms with Crippen molar-refractivity contribution in [1.29, 1.82) is 0 Å². The maximum atomic E-state index is 13.0. The smallest absolute Gasteiger partial charge is 0.254 e. The van der Waals surface area contributed by atoms with E-state index in [1.165, 1.54) is 0 Å². The van der Waals surface area contributed by atoms with Gasteiger partial charge < -0.3 is 19.4 Å². The van der Waals surface area contributed by atoms with Crippen LogP contribution in [0.3, 0.4) is 0 Å². The zero-order valence-corrected chi connectivity index (χ0v) is 16.3. The lowest BCUT2D eigenvalue weighted by Crippen LogP contribution is -2.33. The Morgan fingerprint density at radius 1 is 1.04 bits per heavy atom. The number of rotatable bonds is 7. The van der Waals surface area contributed by atoms with Gasteiger partial charge in [0.2, 0.25) is 0 Å². The second kappa shape index (κ2) is 8.61. The van der Waals surface area contributed by atoms with Crippen LogP contribution < -0.4 is 15.0 Å². The fraction of sp³-hybridized carbons (Fsp3) is 0.273. The van der Waals surface area contributed by atoms with Crippen LogP contribution >= 0.6 is 0 Å². The summed E-state index contributed by atoms with van der Waals surface area (Å²) in [6.07, 6.45) is 0.787. The third kappa shape index (κ3) is 4.17. The summed E-state index contributed by atoms with van der Waals surface area (Å²) in [4.78, 5) is 30.1. The predicted molar refractivity (Wildman–Crippen MR) is 109 cm³/mol. The van der Waals surface area contributed by atoms with E-state index >= 15 is 0 Å². The number of aromatic nitrogens is 1. The number of methoxy groups -OCH3 is 2. The standard InChI is InChI=1S/C22H24N2O4/c1-4-10-24(22(26)15-6-5-7-18(12-15)27-2)14-17-11-16-13-19(28-3)8-9-20(16)23-21(17)25/h5-9,11-13H,4,10,14H2,1-3H3,(H,23,25). The highest BCUT2D eigenvalue weighted by molar-refractivity contribution is 5.94. The molecule has 0 atom stereocenters. The number of carbonyl (C=O) groups is 1. The molecule has 0 aliphatic heterocycles. The number of amides is 1. The lowest BCUT2D eigenvalue weighted by Gasteiger charge is -2.22. The zero-order chi connectivity index (χ0) is 20.1. The number of carbonyl (C=O) groups excluding carboxylic acids is 1. The van der Waals surface area contributed by atoms with Gasteiger partial charge in [0, 0.05) is 28.6 Å². The first kappa shape index (κ1) is 19.5. The molecule has 0 radical (unpaired) electrons. The van der Waals surface area contributed by atoms with Gasteiger partial charge in [0.1, 0.15) is 11.5 Å². The lowest BCUT2D eigenvalue weighted by molar-refractivity contribution is 0.0742. The van der Waals surface area contributed by atoms with Crippen molar-refractivity contribution in [3.05, 3.63) is 70.0 Å². The Morgan fingerprint density at radius 2 is 1.79 bits per heavy atom. The molecule has 1 heterocycles. The van der Waals surface area contributed by atoms with Gasteiger partial charge in [-0.3, -0.25) is 9.59 Å². The Bertz CT molecular complexity index is 1040. The Labute approximate surface area is 163 Å². The number of nitrogens with one attached hydrogen (secondary N) is 1. The van der Waals surface area contributed by atoms with Crippen molar-refractivity contribution in [2.24, 2.45) is 0 Å². The van der Waals surface area contributed by atoms with Crippen LogP contribution in [0.4, 0.5) is 0 Å². The van der Waals surface area contributed by atoms with Gasteiger partial charge in [0.05, 0.1) is 20.8 Å². The molecule has 146 valence electrons.